The highest BCUT2D eigenvalue weighted by molar-refractivity contribution is 6.38. The monoisotopic (exact) mass is 214 g/mol. The van der Waals surface area contributed by atoms with Crippen molar-refractivity contribution in [2.75, 3.05) is 0 Å². The summed E-state index contributed by atoms with van der Waals surface area (Å²) in [5, 5.41) is 0.925. The summed E-state index contributed by atoms with van der Waals surface area (Å²) in [4.78, 5) is 10.6. The third kappa shape index (κ3) is 1.72. The molecule has 0 aliphatic heterocycles. The number of aldehydes is 1. The van der Waals surface area contributed by atoms with Crippen molar-refractivity contribution in [3.8, 4) is 0 Å². The Morgan fingerprint density at radius 3 is 2.15 bits per heavy atom. The van der Waals surface area contributed by atoms with Crippen LogP contribution < -0.4 is 0 Å². The van der Waals surface area contributed by atoms with E-state index in [1.807, 2.05) is 12.1 Å². The van der Waals surface area contributed by atoms with Gasteiger partial charge in [-0.25, -0.2) is 0 Å². The lowest BCUT2D eigenvalue weighted by Gasteiger charge is -2.03. The first-order valence-corrected chi connectivity index (χ1v) is 4.92. The minimum absolute atomic E-state index is 0.396. The van der Waals surface area contributed by atoms with Crippen LogP contribution in [0, 0.1) is 0 Å². The van der Waals surface area contributed by atoms with Gasteiger partial charge in [-0.05, 0) is 36.5 Å². The molecule has 1 fully saturated rings. The number of carbonyl (C=O) groups excluding carboxylic acids is 1. The van der Waals surface area contributed by atoms with Crippen molar-refractivity contribution in [3.63, 3.8) is 0 Å². The van der Waals surface area contributed by atoms with Crippen molar-refractivity contribution in [3.05, 3.63) is 33.3 Å². The first-order valence-electron chi connectivity index (χ1n) is 4.16. The van der Waals surface area contributed by atoms with Crippen LogP contribution in [0.25, 0.3) is 0 Å². The van der Waals surface area contributed by atoms with Crippen molar-refractivity contribution in [1.29, 1.82) is 0 Å². The van der Waals surface area contributed by atoms with E-state index in [1.54, 1.807) is 0 Å². The number of hydrogen-bond donors (Lipinski definition) is 0. The number of rotatable bonds is 2. The summed E-state index contributed by atoms with van der Waals surface area (Å²) in [6.45, 7) is 0. The van der Waals surface area contributed by atoms with Gasteiger partial charge in [0.05, 0.1) is 15.6 Å². The number of carbonyl (C=O) groups is 1. The predicted octanol–water partition coefficient (Wildman–Crippen LogP) is 3.68. The zero-order valence-electron chi connectivity index (χ0n) is 6.89. The fourth-order valence-corrected chi connectivity index (χ4v) is 1.96. The molecule has 1 aromatic carbocycles. The van der Waals surface area contributed by atoms with Crippen LogP contribution in [0.15, 0.2) is 12.1 Å². The second-order valence-corrected chi connectivity index (χ2v) is 4.10. The quantitative estimate of drug-likeness (QED) is 0.687. The molecule has 13 heavy (non-hydrogen) atoms. The zero-order valence-corrected chi connectivity index (χ0v) is 8.40. The molecule has 1 saturated carbocycles. The highest BCUT2D eigenvalue weighted by atomic mass is 35.5. The second-order valence-electron chi connectivity index (χ2n) is 3.29. The molecule has 2 rings (SSSR count). The van der Waals surface area contributed by atoms with Crippen molar-refractivity contribution < 1.29 is 4.79 Å². The van der Waals surface area contributed by atoms with Crippen molar-refractivity contribution >= 4 is 29.5 Å². The molecule has 1 nitrogen and oxygen atoms in total. The lowest BCUT2D eigenvalue weighted by atomic mass is 10.1. The molecule has 0 saturated heterocycles. The molecule has 0 heterocycles. The zero-order chi connectivity index (χ0) is 9.42. The third-order valence-electron chi connectivity index (χ3n) is 2.27. The van der Waals surface area contributed by atoms with Gasteiger partial charge < -0.3 is 0 Å². The molecule has 1 aliphatic rings. The van der Waals surface area contributed by atoms with Crippen LogP contribution in [-0.2, 0) is 0 Å². The van der Waals surface area contributed by atoms with E-state index in [1.165, 1.54) is 12.8 Å². The summed E-state index contributed by atoms with van der Waals surface area (Å²) >= 11 is 11.8. The van der Waals surface area contributed by atoms with Crippen LogP contribution in [-0.4, -0.2) is 6.29 Å². The van der Waals surface area contributed by atoms with Crippen molar-refractivity contribution in [2.24, 2.45) is 0 Å². The topological polar surface area (TPSA) is 17.1 Å². The van der Waals surface area contributed by atoms with E-state index < -0.39 is 0 Å². The molecule has 1 aliphatic carbocycles. The molecule has 0 spiro atoms. The molecular weight excluding hydrogens is 207 g/mol. The average molecular weight is 215 g/mol. The van der Waals surface area contributed by atoms with Crippen LogP contribution in [0.5, 0.6) is 0 Å². The average Bonchev–Trinajstić information content (AvgIpc) is 2.85. The van der Waals surface area contributed by atoms with Gasteiger partial charge in [0.1, 0.15) is 0 Å². The highest BCUT2D eigenvalue weighted by Crippen LogP contribution is 2.42. The summed E-state index contributed by atoms with van der Waals surface area (Å²) in [5.74, 6) is 0.607. The fraction of sp³-hybridized carbons (Fsp3) is 0.300. The van der Waals surface area contributed by atoms with Gasteiger partial charge in [0.25, 0.3) is 0 Å². The van der Waals surface area contributed by atoms with Gasteiger partial charge >= 0.3 is 0 Å². The minimum Gasteiger partial charge on any atom is -0.298 e. The molecule has 0 atom stereocenters. The Hall–Kier alpha value is -0.530. The van der Waals surface area contributed by atoms with E-state index in [0.29, 0.717) is 27.8 Å². The van der Waals surface area contributed by atoms with Gasteiger partial charge in [-0.1, -0.05) is 23.2 Å². The number of benzene rings is 1. The first-order chi connectivity index (χ1) is 6.22. The van der Waals surface area contributed by atoms with Crippen molar-refractivity contribution in [1.82, 2.24) is 0 Å². The normalized spacial score (nSPS) is 15.8. The Morgan fingerprint density at radius 1 is 1.23 bits per heavy atom. The van der Waals surface area contributed by atoms with E-state index in [9.17, 15) is 4.79 Å². The van der Waals surface area contributed by atoms with Crippen LogP contribution >= 0.6 is 23.2 Å². The predicted molar refractivity (Wildman–Crippen MR) is 53.8 cm³/mol. The smallest absolute Gasteiger partial charge is 0.153 e. The maximum absolute atomic E-state index is 10.6. The molecule has 0 aromatic heterocycles. The Balaban J connectivity index is 2.48. The maximum atomic E-state index is 10.6. The molecule has 0 unspecified atom stereocenters. The Morgan fingerprint density at radius 2 is 1.77 bits per heavy atom. The molecular formula is C10H8Cl2O. The van der Waals surface area contributed by atoms with Crippen LogP contribution in [0.3, 0.4) is 0 Å². The summed E-state index contributed by atoms with van der Waals surface area (Å²) in [5.41, 5.74) is 1.55. The van der Waals surface area contributed by atoms with Gasteiger partial charge in [0.2, 0.25) is 0 Å². The van der Waals surface area contributed by atoms with Crippen LogP contribution in [0.4, 0.5) is 0 Å². The summed E-state index contributed by atoms with van der Waals surface area (Å²) < 4.78 is 0. The summed E-state index contributed by atoms with van der Waals surface area (Å²) in [6.07, 6.45) is 3.10. The molecule has 1 aromatic rings. The van der Waals surface area contributed by atoms with Crippen molar-refractivity contribution in [2.45, 2.75) is 18.8 Å². The van der Waals surface area contributed by atoms with E-state index in [4.69, 9.17) is 23.2 Å². The standard InChI is InChI=1S/C10H8Cl2O/c11-9-3-7(6-1-2-6)4-10(12)8(9)5-13/h3-6H,1-2H2. The molecule has 68 valence electrons. The Bertz CT molecular complexity index is 333. The second kappa shape index (κ2) is 3.32. The molecule has 3 heteroatoms. The van der Waals surface area contributed by atoms with Gasteiger partial charge in [-0.2, -0.15) is 0 Å². The van der Waals surface area contributed by atoms with Crippen LogP contribution in [0.2, 0.25) is 10.0 Å². The van der Waals surface area contributed by atoms with E-state index in [0.717, 1.165) is 5.56 Å². The van der Waals surface area contributed by atoms with E-state index in [-0.39, 0.29) is 0 Å². The molecule has 0 bridgehead atoms. The highest BCUT2D eigenvalue weighted by Gasteiger charge is 2.24. The van der Waals surface area contributed by atoms with E-state index >= 15 is 0 Å². The number of halogens is 2. The maximum Gasteiger partial charge on any atom is 0.153 e. The largest absolute Gasteiger partial charge is 0.298 e. The lowest BCUT2D eigenvalue weighted by Crippen LogP contribution is -1.88. The van der Waals surface area contributed by atoms with Gasteiger partial charge in [-0.15, -0.1) is 0 Å². The summed E-state index contributed by atoms with van der Waals surface area (Å²) in [6, 6.07) is 3.68. The van der Waals surface area contributed by atoms with Gasteiger partial charge in [0.15, 0.2) is 6.29 Å². The SMILES string of the molecule is O=Cc1c(Cl)cc(C2CC2)cc1Cl. The minimum atomic E-state index is 0.396. The molecule has 0 radical (unpaired) electrons. The molecule has 0 N–H and O–H groups in total. The third-order valence-corrected chi connectivity index (χ3v) is 2.89. The Kier molecular flexibility index (Phi) is 2.31. The van der Waals surface area contributed by atoms with Gasteiger partial charge in [-0.3, -0.25) is 4.79 Å². The lowest BCUT2D eigenvalue weighted by molar-refractivity contribution is 0.112. The number of hydrogen-bond acceptors (Lipinski definition) is 1. The fourth-order valence-electron chi connectivity index (χ4n) is 1.37. The first kappa shape index (κ1) is 9.04. The van der Waals surface area contributed by atoms with E-state index in [2.05, 4.69) is 0 Å². The van der Waals surface area contributed by atoms with Crippen LogP contribution in [0.1, 0.15) is 34.7 Å². The summed E-state index contributed by atoms with van der Waals surface area (Å²) in [7, 11) is 0. The Labute approximate surface area is 86.7 Å². The molecule has 0 amide bonds. The van der Waals surface area contributed by atoms with Gasteiger partial charge in [0, 0.05) is 0 Å².